The summed E-state index contributed by atoms with van der Waals surface area (Å²) < 4.78 is 19.2. The number of nitrogens with one attached hydrogen (secondary N) is 2. The average molecular weight is 403 g/mol. The number of carbonyl (C=O) groups excluding carboxylic acids is 2. The Labute approximate surface area is 151 Å². The normalized spacial score (nSPS) is 10.3. The van der Waals surface area contributed by atoms with E-state index < -0.39 is 17.6 Å². The summed E-state index contributed by atoms with van der Waals surface area (Å²) in [5.41, 5.74) is 0.780. The first-order valence-corrected chi connectivity index (χ1v) is 8.05. The molecule has 0 atom stereocenters. The molecule has 7 heteroatoms. The van der Waals surface area contributed by atoms with Crippen molar-refractivity contribution < 1.29 is 18.4 Å². The van der Waals surface area contributed by atoms with E-state index in [0.717, 1.165) is 0 Å². The quantitative estimate of drug-likeness (QED) is 0.664. The fraction of sp³-hybridized carbons (Fsp3) is 0. The number of anilines is 2. The molecule has 0 bridgehead atoms. The molecule has 25 heavy (non-hydrogen) atoms. The van der Waals surface area contributed by atoms with Crippen molar-refractivity contribution in [3.8, 4) is 0 Å². The van der Waals surface area contributed by atoms with Crippen LogP contribution in [0.1, 0.15) is 20.9 Å². The van der Waals surface area contributed by atoms with Crippen LogP contribution in [-0.2, 0) is 0 Å². The minimum atomic E-state index is -0.524. The second-order valence-electron chi connectivity index (χ2n) is 5.07. The van der Waals surface area contributed by atoms with Crippen LogP contribution in [0.15, 0.2) is 69.8 Å². The first-order valence-electron chi connectivity index (χ1n) is 7.25. The van der Waals surface area contributed by atoms with Gasteiger partial charge in [-0.1, -0.05) is 18.2 Å². The van der Waals surface area contributed by atoms with Gasteiger partial charge in [0.15, 0.2) is 10.4 Å². The van der Waals surface area contributed by atoms with Gasteiger partial charge in [0.05, 0.1) is 5.69 Å². The molecule has 126 valence electrons. The molecule has 1 aromatic heterocycles. The zero-order valence-corrected chi connectivity index (χ0v) is 14.3. The topological polar surface area (TPSA) is 71.3 Å². The Morgan fingerprint density at radius 1 is 0.920 bits per heavy atom. The van der Waals surface area contributed by atoms with Crippen LogP contribution in [0.4, 0.5) is 15.8 Å². The highest BCUT2D eigenvalue weighted by atomic mass is 79.9. The third kappa shape index (κ3) is 4.13. The molecule has 2 N–H and O–H groups in total. The van der Waals surface area contributed by atoms with Crippen molar-refractivity contribution in [2.75, 3.05) is 10.6 Å². The molecule has 0 fully saturated rings. The van der Waals surface area contributed by atoms with Crippen LogP contribution >= 0.6 is 15.9 Å². The maximum atomic E-state index is 13.6. The Morgan fingerprint density at radius 2 is 1.72 bits per heavy atom. The van der Waals surface area contributed by atoms with E-state index in [0.29, 0.717) is 10.4 Å². The first kappa shape index (κ1) is 16.9. The van der Waals surface area contributed by atoms with Gasteiger partial charge in [-0.05, 0) is 58.4 Å². The van der Waals surface area contributed by atoms with Crippen molar-refractivity contribution in [3.05, 3.63) is 82.5 Å². The lowest BCUT2D eigenvalue weighted by Gasteiger charge is -2.08. The van der Waals surface area contributed by atoms with Crippen molar-refractivity contribution in [1.82, 2.24) is 0 Å². The molecule has 0 saturated heterocycles. The molecule has 5 nitrogen and oxygen atoms in total. The minimum Gasteiger partial charge on any atom is -0.444 e. The lowest BCUT2D eigenvalue weighted by molar-refractivity contribution is 0.0992. The lowest BCUT2D eigenvalue weighted by Crippen LogP contribution is -2.15. The number of hydrogen-bond donors (Lipinski definition) is 2. The van der Waals surface area contributed by atoms with E-state index in [-0.39, 0.29) is 17.0 Å². The molecule has 3 rings (SSSR count). The van der Waals surface area contributed by atoms with E-state index in [1.165, 1.54) is 30.3 Å². The number of benzene rings is 2. The lowest BCUT2D eigenvalue weighted by atomic mass is 10.1. The van der Waals surface area contributed by atoms with Crippen LogP contribution in [-0.4, -0.2) is 11.8 Å². The summed E-state index contributed by atoms with van der Waals surface area (Å²) in [4.78, 5) is 24.3. The fourth-order valence-electron chi connectivity index (χ4n) is 2.12. The third-order valence-electron chi connectivity index (χ3n) is 3.30. The smallest absolute Gasteiger partial charge is 0.291 e. The monoisotopic (exact) mass is 402 g/mol. The van der Waals surface area contributed by atoms with E-state index in [2.05, 4.69) is 26.6 Å². The van der Waals surface area contributed by atoms with Gasteiger partial charge in [-0.2, -0.15) is 0 Å². The van der Waals surface area contributed by atoms with Crippen molar-refractivity contribution in [3.63, 3.8) is 0 Å². The largest absolute Gasteiger partial charge is 0.444 e. The van der Waals surface area contributed by atoms with Crippen molar-refractivity contribution in [2.45, 2.75) is 0 Å². The highest BCUT2D eigenvalue weighted by Crippen LogP contribution is 2.18. The van der Waals surface area contributed by atoms with E-state index in [1.807, 2.05) is 0 Å². The Morgan fingerprint density at radius 3 is 2.44 bits per heavy atom. The van der Waals surface area contributed by atoms with Crippen LogP contribution in [0.3, 0.4) is 0 Å². The Hall–Kier alpha value is -2.93. The minimum absolute atomic E-state index is 0.0855. The maximum Gasteiger partial charge on any atom is 0.291 e. The molecule has 2 amide bonds. The molecular weight excluding hydrogens is 391 g/mol. The molecule has 0 radical (unpaired) electrons. The van der Waals surface area contributed by atoms with Gasteiger partial charge in [-0.3, -0.25) is 9.59 Å². The van der Waals surface area contributed by atoms with Gasteiger partial charge >= 0.3 is 0 Å². The third-order valence-corrected chi connectivity index (χ3v) is 3.73. The summed E-state index contributed by atoms with van der Waals surface area (Å²) in [6.45, 7) is 0. The van der Waals surface area contributed by atoms with Gasteiger partial charge in [-0.25, -0.2) is 4.39 Å². The highest BCUT2D eigenvalue weighted by Gasteiger charge is 2.13. The molecule has 2 aromatic carbocycles. The summed E-state index contributed by atoms with van der Waals surface area (Å²) in [5.74, 6) is -1.32. The number of rotatable bonds is 4. The molecule has 0 saturated carbocycles. The molecular formula is C18H12BrFN2O3. The summed E-state index contributed by atoms with van der Waals surface area (Å²) >= 11 is 3.12. The number of hydrogen-bond acceptors (Lipinski definition) is 3. The molecule has 0 aliphatic heterocycles. The van der Waals surface area contributed by atoms with Crippen molar-refractivity contribution in [2.24, 2.45) is 0 Å². The van der Waals surface area contributed by atoms with E-state index >= 15 is 0 Å². The highest BCUT2D eigenvalue weighted by molar-refractivity contribution is 9.10. The standard InChI is InChI=1S/C18H12BrFN2O3/c19-16-9-8-15(25-16)18(24)21-12-5-3-4-11(10-12)17(23)22-14-7-2-1-6-13(14)20/h1-10H,(H,21,24)(H,22,23). The fourth-order valence-corrected chi connectivity index (χ4v) is 2.43. The van der Waals surface area contributed by atoms with Gasteiger partial charge in [0.1, 0.15) is 5.82 Å². The van der Waals surface area contributed by atoms with Gasteiger partial charge in [0, 0.05) is 11.3 Å². The number of carbonyl (C=O) groups is 2. The van der Waals surface area contributed by atoms with E-state index in [1.54, 1.807) is 30.3 Å². The second-order valence-corrected chi connectivity index (χ2v) is 5.85. The van der Waals surface area contributed by atoms with Crippen LogP contribution in [0.5, 0.6) is 0 Å². The van der Waals surface area contributed by atoms with Gasteiger partial charge < -0.3 is 15.1 Å². The van der Waals surface area contributed by atoms with Gasteiger partial charge in [-0.15, -0.1) is 0 Å². The van der Waals surface area contributed by atoms with Crippen molar-refractivity contribution in [1.29, 1.82) is 0 Å². The molecule has 0 aliphatic rings. The van der Waals surface area contributed by atoms with Crippen LogP contribution in [0.25, 0.3) is 0 Å². The Balaban J connectivity index is 1.74. The summed E-state index contributed by atoms with van der Waals surface area (Å²) in [6.07, 6.45) is 0. The SMILES string of the molecule is O=C(Nc1ccccc1F)c1cccc(NC(=O)c2ccc(Br)o2)c1. The Bertz CT molecular complexity index is 939. The average Bonchev–Trinajstić information content (AvgIpc) is 3.04. The van der Waals surface area contributed by atoms with E-state index in [4.69, 9.17) is 4.42 Å². The molecule has 0 spiro atoms. The summed E-state index contributed by atoms with van der Waals surface area (Å²) in [7, 11) is 0. The molecule has 0 unspecified atom stereocenters. The molecule has 1 heterocycles. The van der Waals surface area contributed by atoms with Crippen LogP contribution in [0, 0.1) is 5.82 Å². The predicted molar refractivity (Wildman–Crippen MR) is 95.2 cm³/mol. The zero-order chi connectivity index (χ0) is 17.8. The van der Waals surface area contributed by atoms with Crippen LogP contribution in [0.2, 0.25) is 0 Å². The van der Waals surface area contributed by atoms with Gasteiger partial charge in [0.2, 0.25) is 0 Å². The number of halogens is 2. The predicted octanol–water partition coefficient (Wildman–Crippen LogP) is 4.69. The first-order chi connectivity index (χ1) is 12.0. The van der Waals surface area contributed by atoms with Gasteiger partial charge in [0.25, 0.3) is 11.8 Å². The summed E-state index contributed by atoms with van der Waals surface area (Å²) in [5, 5.41) is 5.13. The number of amides is 2. The molecule has 0 aliphatic carbocycles. The zero-order valence-electron chi connectivity index (χ0n) is 12.8. The van der Waals surface area contributed by atoms with Crippen molar-refractivity contribution >= 4 is 39.1 Å². The summed E-state index contributed by atoms with van der Waals surface area (Å²) in [6, 6.07) is 15.3. The number of para-hydroxylation sites is 1. The maximum absolute atomic E-state index is 13.6. The van der Waals surface area contributed by atoms with Crippen LogP contribution < -0.4 is 10.6 Å². The number of furan rings is 1. The van der Waals surface area contributed by atoms with E-state index in [9.17, 15) is 14.0 Å². The second kappa shape index (κ2) is 7.31. The Kier molecular flexibility index (Phi) is 4.95. The molecule has 3 aromatic rings.